The molecule has 2 aromatic rings. The number of hydrogen-bond acceptors (Lipinski definition) is 5. The zero-order chi connectivity index (χ0) is 23.7. The summed E-state index contributed by atoms with van der Waals surface area (Å²) in [5, 5.41) is 3.18. The second-order valence-electron chi connectivity index (χ2n) is 7.70. The van der Waals surface area contributed by atoms with Crippen molar-refractivity contribution in [2.24, 2.45) is 0 Å². The molecule has 1 fully saturated rings. The van der Waals surface area contributed by atoms with Gasteiger partial charge in [-0.3, -0.25) is 4.79 Å². The molecular formula is C24H27ClN2O5S. The van der Waals surface area contributed by atoms with Gasteiger partial charge in [-0.15, -0.1) is 0 Å². The first-order valence-electron chi connectivity index (χ1n) is 10.8. The van der Waals surface area contributed by atoms with Crippen LogP contribution >= 0.6 is 11.6 Å². The Morgan fingerprint density at radius 3 is 2.33 bits per heavy atom. The summed E-state index contributed by atoms with van der Waals surface area (Å²) in [4.78, 5) is 24.0. The van der Waals surface area contributed by atoms with Crippen molar-refractivity contribution in [3.05, 3.63) is 70.8 Å². The van der Waals surface area contributed by atoms with Gasteiger partial charge < -0.3 is 10.1 Å². The van der Waals surface area contributed by atoms with Crippen LogP contribution in [0.25, 0.3) is 6.08 Å². The largest absolute Gasteiger partial charge is 0.452 e. The Bertz CT molecular complexity index is 1090. The fourth-order valence-corrected chi connectivity index (χ4v) is 5.14. The molecule has 1 heterocycles. The molecule has 1 amide bonds. The number of amides is 1. The fraction of sp³-hybridized carbons (Fsp3) is 0.333. The molecule has 33 heavy (non-hydrogen) atoms. The van der Waals surface area contributed by atoms with Gasteiger partial charge in [-0.05, 0) is 48.2 Å². The van der Waals surface area contributed by atoms with Crippen LogP contribution in [-0.4, -0.2) is 44.3 Å². The lowest BCUT2D eigenvalue weighted by atomic mass is 10.2. The number of nitrogens with zero attached hydrogens (tertiary/aromatic N) is 1. The first kappa shape index (κ1) is 25.0. The average molecular weight is 491 g/mol. The van der Waals surface area contributed by atoms with Gasteiger partial charge in [0.25, 0.3) is 5.91 Å². The van der Waals surface area contributed by atoms with Crippen molar-refractivity contribution in [3.8, 4) is 0 Å². The summed E-state index contributed by atoms with van der Waals surface area (Å²) in [5.74, 6) is -1.12. The Kier molecular flexibility index (Phi) is 9.05. The van der Waals surface area contributed by atoms with E-state index in [1.807, 2.05) is 6.07 Å². The van der Waals surface area contributed by atoms with Crippen LogP contribution in [0.3, 0.4) is 0 Å². The minimum absolute atomic E-state index is 0.235. The summed E-state index contributed by atoms with van der Waals surface area (Å²) in [5.41, 5.74) is 1.41. The van der Waals surface area contributed by atoms with E-state index in [-0.39, 0.29) is 11.4 Å². The number of nitrogens with one attached hydrogen (secondary N) is 1. The first-order valence-corrected chi connectivity index (χ1v) is 12.6. The van der Waals surface area contributed by atoms with Crippen molar-refractivity contribution in [3.63, 3.8) is 0 Å². The molecule has 3 rings (SSSR count). The Morgan fingerprint density at radius 1 is 1.00 bits per heavy atom. The van der Waals surface area contributed by atoms with Crippen LogP contribution in [0.5, 0.6) is 0 Å². The highest BCUT2D eigenvalue weighted by Crippen LogP contribution is 2.21. The minimum Gasteiger partial charge on any atom is -0.452 e. The molecule has 0 atom stereocenters. The van der Waals surface area contributed by atoms with E-state index in [4.69, 9.17) is 16.3 Å². The van der Waals surface area contributed by atoms with E-state index in [0.717, 1.165) is 31.2 Å². The van der Waals surface area contributed by atoms with Crippen molar-refractivity contribution < 1.29 is 22.7 Å². The van der Waals surface area contributed by atoms with Crippen molar-refractivity contribution in [1.82, 2.24) is 9.62 Å². The third-order valence-corrected chi connectivity index (χ3v) is 7.56. The van der Waals surface area contributed by atoms with Crippen LogP contribution in [0, 0.1) is 0 Å². The lowest BCUT2D eigenvalue weighted by molar-refractivity contribution is -0.143. The normalized spacial score (nSPS) is 15.2. The molecule has 0 saturated carbocycles. The number of benzene rings is 2. The Labute approximate surface area is 199 Å². The molecule has 1 aliphatic rings. The van der Waals surface area contributed by atoms with Gasteiger partial charge in [0.05, 0.1) is 4.90 Å². The van der Waals surface area contributed by atoms with Crippen molar-refractivity contribution in [1.29, 1.82) is 0 Å². The predicted molar refractivity (Wildman–Crippen MR) is 127 cm³/mol. The van der Waals surface area contributed by atoms with Crippen molar-refractivity contribution in [2.45, 2.75) is 37.1 Å². The standard InChI is InChI=1S/C24H27ClN2O5S/c25-22-8-4-3-7-20(22)17-26-23(28)18-32-24(29)14-11-19-9-12-21(13-10-19)33(30,31)27-15-5-1-2-6-16-27/h3-4,7-14H,1-2,5-6,15-18H2,(H,26,28)/b14-11+. The zero-order valence-corrected chi connectivity index (χ0v) is 19.8. The number of sulfonamides is 1. The summed E-state index contributed by atoms with van der Waals surface area (Å²) < 4.78 is 32.1. The number of carbonyl (C=O) groups is 2. The van der Waals surface area contributed by atoms with E-state index in [0.29, 0.717) is 23.7 Å². The summed E-state index contributed by atoms with van der Waals surface area (Å²) in [6.07, 6.45) is 6.55. The van der Waals surface area contributed by atoms with E-state index in [1.165, 1.54) is 24.3 Å². The molecule has 1 aliphatic heterocycles. The molecule has 176 valence electrons. The monoisotopic (exact) mass is 490 g/mol. The molecule has 0 aromatic heterocycles. The van der Waals surface area contributed by atoms with Gasteiger partial charge in [0, 0.05) is 30.7 Å². The summed E-state index contributed by atoms with van der Waals surface area (Å²) >= 11 is 6.03. The second-order valence-corrected chi connectivity index (χ2v) is 10.0. The van der Waals surface area contributed by atoms with Crippen LogP contribution in [0.2, 0.25) is 5.02 Å². The number of ether oxygens (including phenoxy) is 1. The summed E-state index contributed by atoms with van der Waals surface area (Å²) in [6, 6.07) is 13.5. The molecule has 0 radical (unpaired) electrons. The third-order valence-electron chi connectivity index (χ3n) is 5.27. The molecule has 0 spiro atoms. The lowest BCUT2D eigenvalue weighted by Crippen LogP contribution is -2.31. The minimum atomic E-state index is -3.52. The van der Waals surface area contributed by atoms with Gasteiger partial charge in [-0.25, -0.2) is 13.2 Å². The molecule has 9 heteroatoms. The maximum absolute atomic E-state index is 12.8. The van der Waals surface area contributed by atoms with Crippen LogP contribution in [-0.2, 0) is 30.9 Å². The topological polar surface area (TPSA) is 92.8 Å². The highest BCUT2D eigenvalue weighted by atomic mass is 35.5. The Hall–Kier alpha value is -2.68. The lowest BCUT2D eigenvalue weighted by Gasteiger charge is -2.19. The van der Waals surface area contributed by atoms with Gasteiger partial charge >= 0.3 is 5.97 Å². The van der Waals surface area contributed by atoms with Crippen LogP contribution in [0.1, 0.15) is 36.8 Å². The van der Waals surface area contributed by atoms with Crippen molar-refractivity contribution in [2.75, 3.05) is 19.7 Å². The third kappa shape index (κ3) is 7.42. The Morgan fingerprint density at radius 2 is 1.67 bits per heavy atom. The van der Waals surface area contributed by atoms with Crippen LogP contribution in [0.4, 0.5) is 0 Å². The average Bonchev–Trinajstić information content (AvgIpc) is 3.11. The maximum Gasteiger partial charge on any atom is 0.331 e. The SMILES string of the molecule is O=C(COC(=O)/C=C/c1ccc(S(=O)(=O)N2CCCCCC2)cc1)NCc1ccccc1Cl. The quantitative estimate of drug-likeness (QED) is 0.449. The predicted octanol–water partition coefficient (Wildman–Crippen LogP) is 3.78. The van der Waals surface area contributed by atoms with Gasteiger partial charge in [0.15, 0.2) is 6.61 Å². The van der Waals surface area contributed by atoms with E-state index in [9.17, 15) is 18.0 Å². The van der Waals surface area contributed by atoms with Gasteiger partial charge in [-0.2, -0.15) is 4.31 Å². The molecule has 2 aromatic carbocycles. The number of carbonyl (C=O) groups excluding carboxylic acids is 2. The molecule has 0 unspecified atom stereocenters. The van der Waals surface area contributed by atoms with Crippen molar-refractivity contribution >= 4 is 39.6 Å². The van der Waals surface area contributed by atoms with Gasteiger partial charge in [0.1, 0.15) is 0 Å². The first-order chi connectivity index (χ1) is 15.9. The molecule has 1 saturated heterocycles. The molecule has 0 aliphatic carbocycles. The van der Waals surface area contributed by atoms with Crippen LogP contribution in [0.15, 0.2) is 59.5 Å². The van der Waals surface area contributed by atoms with E-state index >= 15 is 0 Å². The highest BCUT2D eigenvalue weighted by molar-refractivity contribution is 7.89. The van der Waals surface area contributed by atoms with Gasteiger partial charge in [-0.1, -0.05) is 54.8 Å². The number of rotatable bonds is 8. The summed E-state index contributed by atoms with van der Waals surface area (Å²) in [7, 11) is -3.52. The van der Waals surface area contributed by atoms with Gasteiger partial charge in [0.2, 0.25) is 10.0 Å². The zero-order valence-electron chi connectivity index (χ0n) is 18.2. The summed E-state index contributed by atoms with van der Waals surface area (Å²) in [6.45, 7) is 0.906. The molecule has 1 N–H and O–H groups in total. The highest BCUT2D eigenvalue weighted by Gasteiger charge is 2.24. The maximum atomic E-state index is 12.8. The molecule has 0 bridgehead atoms. The molecular weight excluding hydrogens is 464 g/mol. The second kappa shape index (κ2) is 12.0. The smallest absolute Gasteiger partial charge is 0.331 e. The Balaban J connectivity index is 1.47. The number of esters is 1. The van der Waals surface area contributed by atoms with E-state index in [1.54, 1.807) is 34.6 Å². The van der Waals surface area contributed by atoms with E-state index < -0.39 is 28.5 Å². The number of halogens is 1. The number of hydrogen-bond donors (Lipinski definition) is 1. The van der Waals surface area contributed by atoms with E-state index in [2.05, 4.69) is 5.32 Å². The molecule has 7 nitrogen and oxygen atoms in total. The fourth-order valence-electron chi connectivity index (χ4n) is 3.42. The van der Waals surface area contributed by atoms with Crippen LogP contribution < -0.4 is 5.32 Å².